The van der Waals surface area contributed by atoms with Crippen LogP contribution in [0.5, 0.6) is 28.9 Å². The smallest absolute Gasteiger partial charge is 0.407 e. The Hall–Kier alpha value is -4.25. The molecule has 0 bridgehead atoms. The number of aromatic hydroxyl groups is 1. The van der Waals surface area contributed by atoms with E-state index < -0.39 is 35.2 Å². The zero-order valence-electron chi connectivity index (χ0n) is 21.6. The number of benzene rings is 2. The number of rotatable bonds is 3. The molecule has 2 N–H and O–H groups in total. The van der Waals surface area contributed by atoms with E-state index in [1.807, 2.05) is 19.9 Å². The number of aromatic nitrogens is 1. The monoisotopic (exact) mass is 569 g/mol. The third-order valence-electron chi connectivity index (χ3n) is 7.20. The summed E-state index contributed by atoms with van der Waals surface area (Å²) in [6.45, 7) is 4.07. The van der Waals surface area contributed by atoms with Gasteiger partial charge in [-0.25, -0.2) is 14.2 Å². The number of phenols is 1. The summed E-state index contributed by atoms with van der Waals surface area (Å²) in [4.78, 5) is 32.7. The van der Waals surface area contributed by atoms with Gasteiger partial charge < -0.3 is 34.2 Å². The van der Waals surface area contributed by atoms with Crippen LogP contribution in [-0.2, 0) is 6.42 Å². The standard InChI is InChI=1S/C28H25ClFN3O7/c1-28(2)11-14-5-3-8-18(23(14)40-28)39-25-20-24(21(29)22(31-25)19-16(30)6-4-7-17(19)34)38-13-15-12-32(27(36)37)9-10-33(15)26(20)35/h3-8,15,34H,9-13H2,1-2H3,(H,36,37)/t15-/m1/s1. The molecule has 2 amide bonds. The van der Waals surface area contributed by atoms with Gasteiger partial charge >= 0.3 is 6.09 Å². The topological polar surface area (TPSA) is 122 Å². The van der Waals surface area contributed by atoms with Crippen molar-refractivity contribution in [2.75, 3.05) is 26.2 Å². The number of carboxylic acid groups (broad SMARTS) is 1. The summed E-state index contributed by atoms with van der Waals surface area (Å²) in [5, 5.41) is 19.8. The molecule has 0 spiro atoms. The summed E-state index contributed by atoms with van der Waals surface area (Å²) < 4.78 is 33.4. The molecule has 0 radical (unpaired) electrons. The molecule has 10 nitrogen and oxygen atoms in total. The van der Waals surface area contributed by atoms with Crippen LogP contribution in [0.1, 0.15) is 29.8 Å². The van der Waals surface area contributed by atoms with E-state index in [0.29, 0.717) is 12.2 Å². The van der Waals surface area contributed by atoms with Crippen LogP contribution in [0.2, 0.25) is 5.02 Å². The lowest BCUT2D eigenvalue weighted by Gasteiger charge is -2.38. The lowest BCUT2D eigenvalue weighted by atomic mass is 10.0. The second-order valence-corrected chi connectivity index (χ2v) is 10.9. The summed E-state index contributed by atoms with van der Waals surface area (Å²) >= 11 is 6.70. The maximum Gasteiger partial charge on any atom is 0.407 e. The van der Waals surface area contributed by atoms with E-state index in [-0.39, 0.29) is 65.5 Å². The lowest BCUT2D eigenvalue weighted by molar-refractivity contribution is 0.0388. The maximum absolute atomic E-state index is 15.0. The van der Waals surface area contributed by atoms with E-state index in [9.17, 15) is 24.2 Å². The second kappa shape index (κ2) is 9.44. The Morgan fingerprint density at radius 3 is 2.70 bits per heavy atom. The molecule has 1 aromatic heterocycles. The number of halogens is 2. The first-order chi connectivity index (χ1) is 19.0. The van der Waals surface area contributed by atoms with Crippen molar-refractivity contribution in [3.63, 3.8) is 0 Å². The number of fused-ring (bicyclic) bond motifs is 3. The predicted octanol–water partition coefficient (Wildman–Crippen LogP) is 4.95. The fourth-order valence-corrected chi connectivity index (χ4v) is 5.65. The number of pyridine rings is 1. The third-order valence-corrected chi connectivity index (χ3v) is 7.55. The number of hydrogen-bond donors (Lipinski definition) is 2. The van der Waals surface area contributed by atoms with Gasteiger partial charge in [0.25, 0.3) is 5.91 Å². The van der Waals surface area contributed by atoms with Gasteiger partial charge in [-0.1, -0.05) is 29.8 Å². The van der Waals surface area contributed by atoms with Crippen molar-refractivity contribution < 1.29 is 38.4 Å². The van der Waals surface area contributed by atoms with Gasteiger partial charge in [0.05, 0.1) is 11.6 Å². The highest BCUT2D eigenvalue weighted by atomic mass is 35.5. The Morgan fingerprint density at radius 2 is 1.95 bits per heavy atom. The van der Waals surface area contributed by atoms with Crippen molar-refractivity contribution in [2.45, 2.75) is 31.9 Å². The maximum atomic E-state index is 15.0. The number of para-hydroxylation sites is 1. The van der Waals surface area contributed by atoms with E-state index in [2.05, 4.69) is 4.98 Å². The zero-order chi connectivity index (χ0) is 28.3. The van der Waals surface area contributed by atoms with Crippen molar-refractivity contribution in [3.8, 4) is 40.1 Å². The minimum Gasteiger partial charge on any atom is -0.507 e. The van der Waals surface area contributed by atoms with E-state index >= 15 is 0 Å². The molecule has 2 aromatic carbocycles. The van der Waals surface area contributed by atoms with Crippen LogP contribution in [0, 0.1) is 5.82 Å². The largest absolute Gasteiger partial charge is 0.507 e. The first-order valence-electron chi connectivity index (χ1n) is 12.7. The molecule has 4 heterocycles. The highest BCUT2D eigenvalue weighted by molar-refractivity contribution is 6.35. The Labute approximate surface area is 233 Å². The molecular weight excluding hydrogens is 545 g/mol. The van der Waals surface area contributed by atoms with Crippen LogP contribution >= 0.6 is 11.6 Å². The van der Waals surface area contributed by atoms with Crippen LogP contribution in [0.15, 0.2) is 36.4 Å². The molecule has 208 valence electrons. The highest BCUT2D eigenvalue weighted by Gasteiger charge is 2.41. The Bertz CT molecular complexity index is 1540. The van der Waals surface area contributed by atoms with Crippen molar-refractivity contribution in [3.05, 3.63) is 58.4 Å². The first kappa shape index (κ1) is 26.0. The molecule has 1 atom stereocenters. The fourth-order valence-electron chi connectivity index (χ4n) is 5.37. The summed E-state index contributed by atoms with van der Waals surface area (Å²) in [7, 11) is 0. The molecule has 0 aliphatic carbocycles. The minimum atomic E-state index is -1.10. The summed E-state index contributed by atoms with van der Waals surface area (Å²) in [6, 6.07) is 8.53. The first-order valence-corrected chi connectivity index (χ1v) is 13.0. The van der Waals surface area contributed by atoms with Gasteiger partial charge in [-0.2, -0.15) is 0 Å². The van der Waals surface area contributed by atoms with E-state index in [1.54, 1.807) is 12.1 Å². The quantitative estimate of drug-likeness (QED) is 0.454. The van der Waals surface area contributed by atoms with Gasteiger partial charge in [0, 0.05) is 31.6 Å². The van der Waals surface area contributed by atoms with Crippen molar-refractivity contribution >= 4 is 23.6 Å². The highest BCUT2D eigenvalue weighted by Crippen LogP contribution is 2.49. The Kier molecular flexibility index (Phi) is 6.14. The molecule has 0 saturated carbocycles. The van der Waals surface area contributed by atoms with Crippen LogP contribution in [0.3, 0.4) is 0 Å². The third kappa shape index (κ3) is 4.30. The molecule has 40 heavy (non-hydrogen) atoms. The number of ether oxygens (including phenoxy) is 3. The van der Waals surface area contributed by atoms with Crippen molar-refractivity contribution in [1.82, 2.24) is 14.8 Å². The SMILES string of the molecule is CC1(C)Cc2cccc(Oc3nc(-c4c(O)cccc4F)c(Cl)c4c3C(=O)N3CCN(C(=O)O)C[C@@H]3CO4)c2O1. The minimum absolute atomic E-state index is 0.0341. The number of nitrogens with zero attached hydrogens (tertiary/aromatic N) is 3. The molecule has 6 rings (SSSR count). The molecule has 1 fully saturated rings. The molecule has 1 saturated heterocycles. The molecule has 3 aromatic rings. The molecule has 12 heteroatoms. The predicted molar refractivity (Wildman–Crippen MR) is 141 cm³/mol. The van der Waals surface area contributed by atoms with Crippen molar-refractivity contribution in [1.29, 1.82) is 0 Å². The number of carbonyl (C=O) groups excluding carboxylic acids is 1. The normalized spacial score (nSPS) is 19.1. The number of carbonyl (C=O) groups is 2. The van der Waals surface area contributed by atoms with Gasteiger partial charge in [0.1, 0.15) is 40.1 Å². The van der Waals surface area contributed by atoms with Gasteiger partial charge in [0.2, 0.25) is 5.88 Å². The van der Waals surface area contributed by atoms with Crippen LogP contribution in [0.4, 0.5) is 9.18 Å². The Morgan fingerprint density at radius 1 is 1.18 bits per heavy atom. The Balaban J connectivity index is 1.52. The average Bonchev–Trinajstić information content (AvgIpc) is 3.15. The van der Waals surface area contributed by atoms with E-state index in [1.165, 1.54) is 21.9 Å². The van der Waals surface area contributed by atoms with Crippen LogP contribution < -0.4 is 14.2 Å². The van der Waals surface area contributed by atoms with Crippen molar-refractivity contribution in [2.24, 2.45) is 0 Å². The molecule has 3 aliphatic heterocycles. The van der Waals surface area contributed by atoms with Crippen LogP contribution in [-0.4, -0.2) is 74.9 Å². The molecule has 3 aliphatic rings. The van der Waals surface area contributed by atoms with Gasteiger partial charge in [0.15, 0.2) is 17.2 Å². The summed E-state index contributed by atoms with van der Waals surface area (Å²) in [6.07, 6.45) is -0.465. The van der Waals surface area contributed by atoms with E-state index in [4.69, 9.17) is 25.8 Å². The van der Waals surface area contributed by atoms with Gasteiger partial charge in [-0.15, -0.1) is 0 Å². The van der Waals surface area contributed by atoms with E-state index in [0.717, 1.165) is 11.6 Å². The fraction of sp³-hybridized carbons (Fsp3) is 0.321. The summed E-state index contributed by atoms with van der Waals surface area (Å²) in [5.41, 5.74) is -0.134. The van der Waals surface area contributed by atoms with Gasteiger partial charge in [-0.05, 0) is 32.0 Å². The molecule has 0 unspecified atom stereocenters. The average molecular weight is 570 g/mol. The lowest BCUT2D eigenvalue weighted by Crippen LogP contribution is -2.57. The van der Waals surface area contributed by atoms with Gasteiger partial charge in [-0.3, -0.25) is 4.79 Å². The number of phenolic OH excluding ortho intramolecular Hbond substituents is 1. The number of hydrogen-bond acceptors (Lipinski definition) is 7. The number of piperazine rings is 1. The number of amides is 2. The molecular formula is C28H25ClFN3O7. The van der Waals surface area contributed by atoms with Crippen LogP contribution in [0.25, 0.3) is 11.3 Å². The zero-order valence-corrected chi connectivity index (χ0v) is 22.4. The second-order valence-electron chi connectivity index (χ2n) is 10.5. The summed E-state index contributed by atoms with van der Waals surface area (Å²) in [5.74, 6) is -1.27.